The topological polar surface area (TPSA) is 49.9 Å². The second-order valence-corrected chi connectivity index (χ2v) is 8.32. The number of hydrogen-bond donors (Lipinski definition) is 0. The van der Waals surface area contributed by atoms with Gasteiger partial charge in [0.25, 0.3) is 11.8 Å². The second kappa shape index (κ2) is 8.96. The number of nitrogens with zero attached hydrogens (tertiary/aromatic N) is 2. The number of rotatable bonds is 7. The first-order chi connectivity index (χ1) is 15.0. The summed E-state index contributed by atoms with van der Waals surface area (Å²) in [4.78, 5) is 31.0. The summed E-state index contributed by atoms with van der Waals surface area (Å²) in [5, 5.41) is 2.24. The highest BCUT2D eigenvalue weighted by atomic mass is 35.5. The molecule has 0 saturated heterocycles. The minimum absolute atomic E-state index is 0.336. The fraction of sp³-hybridized carbons (Fsp3) is 0.167. The lowest BCUT2D eigenvalue weighted by Gasteiger charge is -2.25. The summed E-state index contributed by atoms with van der Waals surface area (Å²) >= 11 is 7.72. The van der Waals surface area contributed by atoms with Crippen LogP contribution in [0.1, 0.15) is 17.4 Å². The average molecular weight is 453 g/mol. The van der Waals surface area contributed by atoms with E-state index < -0.39 is 0 Å². The van der Waals surface area contributed by atoms with Crippen molar-refractivity contribution in [2.24, 2.45) is 0 Å². The molecule has 0 unspecified atom stereocenters. The van der Waals surface area contributed by atoms with Crippen molar-refractivity contribution in [3.8, 4) is 5.75 Å². The van der Waals surface area contributed by atoms with Crippen LogP contribution in [0.25, 0.3) is 5.57 Å². The summed E-state index contributed by atoms with van der Waals surface area (Å²) in [5.74, 6) is -0.224. The third-order valence-corrected chi connectivity index (χ3v) is 6.32. The van der Waals surface area contributed by atoms with Crippen LogP contribution in [0.3, 0.4) is 0 Å². The van der Waals surface area contributed by atoms with Gasteiger partial charge in [-0.05, 0) is 42.1 Å². The van der Waals surface area contributed by atoms with Crippen LogP contribution >= 0.6 is 22.9 Å². The van der Waals surface area contributed by atoms with Gasteiger partial charge in [0, 0.05) is 18.0 Å². The molecule has 158 valence electrons. The fourth-order valence-electron chi connectivity index (χ4n) is 3.64. The highest BCUT2D eigenvalue weighted by Crippen LogP contribution is 2.38. The molecule has 5 nitrogen and oxygen atoms in total. The Morgan fingerprint density at radius 1 is 1.03 bits per heavy atom. The van der Waals surface area contributed by atoms with Gasteiger partial charge in [-0.1, -0.05) is 48.0 Å². The SMILES string of the molecule is CCN(Cc1ccccc1)C1=C(c2cccs2)C(=O)N(c2ccc(OC)c(Cl)c2)C1=O. The Balaban J connectivity index is 1.79. The summed E-state index contributed by atoms with van der Waals surface area (Å²) < 4.78 is 5.20. The molecule has 1 aliphatic rings. The van der Waals surface area contributed by atoms with E-state index >= 15 is 0 Å². The van der Waals surface area contributed by atoms with Gasteiger partial charge in [0.15, 0.2) is 0 Å². The van der Waals surface area contributed by atoms with Gasteiger partial charge in [-0.25, -0.2) is 4.90 Å². The zero-order valence-corrected chi connectivity index (χ0v) is 18.7. The van der Waals surface area contributed by atoms with Crippen molar-refractivity contribution in [3.63, 3.8) is 0 Å². The molecule has 0 saturated carbocycles. The van der Waals surface area contributed by atoms with E-state index in [0.717, 1.165) is 10.4 Å². The van der Waals surface area contributed by atoms with E-state index in [1.54, 1.807) is 18.2 Å². The molecule has 31 heavy (non-hydrogen) atoms. The predicted molar refractivity (Wildman–Crippen MR) is 124 cm³/mol. The lowest BCUT2D eigenvalue weighted by Crippen LogP contribution is -2.35. The van der Waals surface area contributed by atoms with Crippen LogP contribution in [-0.4, -0.2) is 30.4 Å². The van der Waals surface area contributed by atoms with Crippen molar-refractivity contribution in [3.05, 3.63) is 87.2 Å². The third-order valence-electron chi connectivity index (χ3n) is 5.13. The third kappa shape index (κ3) is 3.96. The van der Waals surface area contributed by atoms with Crippen LogP contribution in [0, 0.1) is 0 Å². The number of hydrogen-bond acceptors (Lipinski definition) is 5. The van der Waals surface area contributed by atoms with Gasteiger partial charge in [-0.3, -0.25) is 9.59 Å². The Kier molecular flexibility index (Phi) is 6.11. The molecule has 0 aliphatic carbocycles. The Hall–Kier alpha value is -3.09. The minimum Gasteiger partial charge on any atom is -0.495 e. The first-order valence-electron chi connectivity index (χ1n) is 9.84. The van der Waals surface area contributed by atoms with Gasteiger partial charge in [0.05, 0.1) is 23.4 Å². The number of carbonyl (C=O) groups excluding carboxylic acids is 2. The van der Waals surface area contributed by atoms with Crippen molar-refractivity contribution in [1.29, 1.82) is 0 Å². The summed E-state index contributed by atoms with van der Waals surface area (Å²) in [6, 6.07) is 18.6. The molecule has 0 atom stereocenters. The highest BCUT2D eigenvalue weighted by Gasteiger charge is 2.42. The van der Waals surface area contributed by atoms with Gasteiger partial charge in [0.1, 0.15) is 11.4 Å². The molecule has 0 radical (unpaired) electrons. The number of amides is 2. The van der Waals surface area contributed by atoms with Crippen molar-refractivity contribution >= 4 is 46.0 Å². The van der Waals surface area contributed by atoms with Gasteiger partial charge >= 0.3 is 0 Å². The molecule has 7 heteroatoms. The molecule has 0 fully saturated rings. The lowest BCUT2D eigenvalue weighted by atomic mass is 10.1. The van der Waals surface area contributed by atoms with E-state index in [1.165, 1.54) is 23.3 Å². The first kappa shape index (κ1) is 21.2. The molecule has 4 rings (SSSR count). The number of carbonyl (C=O) groups is 2. The zero-order valence-electron chi connectivity index (χ0n) is 17.2. The standard InChI is InChI=1S/C24H21ClN2O3S/c1-3-26(15-16-8-5-4-6-9-16)22-21(20-10-7-13-31-20)23(28)27(24(22)29)17-11-12-19(30-2)18(25)14-17/h4-14H,3,15H2,1-2H3. The van der Waals surface area contributed by atoms with Crippen LogP contribution in [0.15, 0.2) is 71.7 Å². The van der Waals surface area contributed by atoms with Gasteiger partial charge in [-0.2, -0.15) is 0 Å². The van der Waals surface area contributed by atoms with Crippen molar-refractivity contribution in [1.82, 2.24) is 4.90 Å². The smallest absolute Gasteiger partial charge is 0.282 e. The number of likely N-dealkylation sites (N-methyl/N-ethyl adjacent to an activating group) is 1. The Labute approximate surface area is 190 Å². The molecular formula is C24H21ClN2O3S. The number of halogens is 1. The number of benzene rings is 2. The summed E-state index contributed by atoms with van der Waals surface area (Å²) in [6.45, 7) is 3.08. The summed E-state index contributed by atoms with van der Waals surface area (Å²) in [6.07, 6.45) is 0. The van der Waals surface area contributed by atoms with Crippen molar-refractivity contribution in [2.75, 3.05) is 18.6 Å². The fourth-order valence-corrected chi connectivity index (χ4v) is 4.65. The summed E-state index contributed by atoms with van der Waals surface area (Å²) in [7, 11) is 1.52. The van der Waals surface area contributed by atoms with Gasteiger partial charge in [-0.15, -0.1) is 11.3 Å². The van der Waals surface area contributed by atoms with E-state index in [4.69, 9.17) is 16.3 Å². The lowest BCUT2D eigenvalue weighted by molar-refractivity contribution is -0.120. The maximum absolute atomic E-state index is 13.6. The quantitative estimate of drug-likeness (QED) is 0.461. The second-order valence-electron chi connectivity index (χ2n) is 6.97. The first-order valence-corrected chi connectivity index (χ1v) is 11.1. The van der Waals surface area contributed by atoms with E-state index in [1.807, 2.05) is 59.7 Å². The average Bonchev–Trinajstić information content (AvgIpc) is 3.39. The maximum Gasteiger partial charge on any atom is 0.282 e. The van der Waals surface area contributed by atoms with Crippen molar-refractivity contribution < 1.29 is 14.3 Å². The molecule has 2 heterocycles. The number of methoxy groups -OCH3 is 1. The van der Waals surface area contributed by atoms with Crippen molar-refractivity contribution in [2.45, 2.75) is 13.5 Å². The molecule has 0 bridgehead atoms. The van der Waals surface area contributed by atoms with E-state index in [9.17, 15) is 9.59 Å². The monoisotopic (exact) mass is 452 g/mol. The van der Waals surface area contributed by atoms with Crippen LogP contribution < -0.4 is 9.64 Å². The van der Waals surface area contributed by atoms with E-state index in [0.29, 0.717) is 40.8 Å². The van der Waals surface area contributed by atoms with Gasteiger partial charge in [0.2, 0.25) is 0 Å². The predicted octanol–water partition coefficient (Wildman–Crippen LogP) is 5.22. The number of imide groups is 1. The van der Waals surface area contributed by atoms with E-state index in [-0.39, 0.29) is 11.8 Å². The Morgan fingerprint density at radius 2 is 1.81 bits per heavy atom. The molecule has 1 aliphatic heterocycles. The molecule has 2 amide bonds. The van der Waals surface area contributed by atoms with Crippen LogP contribution in [-0.2, 0) is 16.1 Å². The van der Waals surface area contributed by atoms with Gasteiger partial charge < -0.3 is 9.64 Å². The molecular weight excluding hydrogens is 432 g/mol. The largest absolute Gasteiger partial charge is 0.495 e. The highest BCUT2D eigenvalue weighted by molar-refractivity contribution is 7.11. The molecule has 3 aromatic rings. The van der Waals surface area contributed by atoms with E-state index in [2.05, 4.69) is 0 Å². The molecule has 1 aromatic heterocycles. The minimum atomic E-state index is -0.354. The van der Waals surface area contributed by atoms with Crippen LogP contribution in [0.4, 0.5) is 5.69 Å². The zero-order chi connectivity index (χ0) is 22.0. The normalized spacial score (nSPS) is 13.8. The Morgan fingerprint density at radius 3 is 2.42 bits per heavy atom. The summed E-state index contributed by atoms with van der Waals surface area (Å²) in [5.41, 5.74) is 2.31. The Bertz CT molecular complexity index is 1140. The number of anilines is 1. The molecule has 2 aromatic carbocycles. The maximum atomic E-state index is 13.6. The molecule has 0 spiro atoms. The number of thiophene rings is 1. The molecule has 0 N–H and O–H groups in total. The van der Waals surface area contributed by atoms with Crippen LogP contribution in [0.2, 0.25) is 5.02 Å². The van der Waals surface area contributed by atoms with Crippen LogP contribution in [0.5, 0.6) is 5.75 Å². The number of ether oxygens (including phenoxy) is 1.